The fourth-order valence-corrected chi connectivity index (χ4v) is 4.67. The Morgan fingerprint density at radius 3 is 2.68 bits per heavy atom. The van der Waals surface area contributed by atoms with Crippen LogP contribution < -0.4 is 16.1 Å². The number of hydrogen-bond donors (Lipinski definition) is 1. The largest absolute Gasteiger partial charge is 0.343 e. The second-order valence-corrected chi connectivity index (χ2v) is 8.19. The second-order valence-electron chi connectivity index (χ2n) is 6.29. The van der Waals surface area contributed by atoms with Crippen LogP contribution in [0, 0.1) is 0 Å². The third kappa shape index (κ3) is 4.04. The summed E-state index contributed by atoms with van der Waals surface area (Å²) < 4.78 is 1.34. The van der Waals surface area contributed by atoms with E-state index in [-0.39, 0.29) is 18.9 Å². The van der Waals surface area contributed by atoms with Crippen molar-refractivity contribution in [3.05, 3.63) is 50.6 Å². The van der Waals surface area contributed by atoms with Gasteiger partial charge in [-0.05, 0) is 11.4 Å². The molecule has 3 aromatic rings. The van der Waals surface area contributed by atoms with E-state index >= 15 is 0 Å². The molecule has 11 heteroatoms. The lowest BCUT2D eigenvalue weighted by Crippen LogP contribution is -2.49. The van der Waals surface area contributed by atoms with E-state index in [1.807, 2.05) is 17.5 Å². The van der Waals surface area contributed by atoms with Crippen LogP contribution >= 0.6 is 22.7 Å². The standard InChI is InChI=1S/C17H18N6O3S2/c24-13-3-5-22(16(26)18-13)6-4-14(25)21-7-9-23(10-8-21)17-20-19-15(28-17)12-2-1-11-27-12/h1-3,5,11H,4,6-10H2,(H,18,24,26). The monoisotopic (exact) mass is 418 g/mol. The lowest BCUT2D eigenvalue weighted by atomic mass is 10.3. The molecule has 1 saturated heterocycles. The van der Waals surface area contributed by atoms with Crippen molar-refractivity contribution < 1.29 is 4.79 Å². The van der Waals surface area contributed by atoms with Gasteiger partial charge in [-0.2, -0.15) is 0 Å². The summed E-state index contributed by atoms with van der Waals surface area (Å²) in [5.41, 5.74) is -0.939. The summed E-state index contributed by atoms with van der Waals surface area (Å²) >= 11 is 3.20. The highest BCUT2D eigenvalue weighted by molar-refractivity contribution is 7.22. The molecule has 0 unspecified atom stereocenters. The molecule has 0 spiro atoms. The van der Waals surface area contributed by atoms with Gasteiger partial charge in [0, 0.05) is 51.4 Å². The minimum Gasteiger partial charge on any atom is -0.343 e. The summed E-state index contributed by atoms with van der Waals surface area (Å²) in [6, 6.07) is 5.29. The van der Waals surface area contributed by atoms with Crippen molar-refractivity contribution >= 4 is 33.7 Å². The van der Waals surface area contributed by atoms with Crippen molar-refractivity contribution in [3.8, 4) is 9.88 Å². The van der Waals surface area contributed by atoms with E-state index in [0.717, 1.165) is 15.0 Å². The molecule has 1 amide bonds. The molecule has 0 bridgehead atoms. The molecule has 1 aliphatic heterocycles. The number of aryl methyl sites for hydroxylation is 1. The average Bonchev–Trinajstić information content (AvgIpc) is 3.39. The third-order valence-electron chi connectivity index (χ3n) is 4.51. The average molecular weight is 419 g/mol. The van der Waals surface area contributed by atoms with E-state index in [1.165, 1.54) is 16.8 Å². The molecule has 1 N–H and O–H groups in total. The minimum atomic E-state index is -0.497. The molecule has 9 nitrogen and oxygen atoms in total. The Bertz CT molecular complexity index is 1060. The van der Waals surface area contributed by atoms with Gasteiger partial charge in [-0.1, -0.05) is 17.4 Å². The van der Waals surface area contributed by atoms with Gasteiger partial charge >= 0.3 is 5.69 Å². The van der Waals surface area contributed by atoms with Gasteiger partial charge in [-0.15, -0.1) is 21.5 Å². The number of aromatic amines is 1. The van der Waals surface area contributed by atoms with Crippen molar-refractivity contribution in [2.75, 3.05) is 31.1 Å². The predicted molar refractivity (Wildman–Crippen MR) is 108 cm³/mol. The first-order chi connectivity index (χ1) is 13.6. The van der Waals surface area contributed by atoms with Crippen LogP contribution in [0.25, 0.3) is 9.88 Å². The van der Waals surface area contributed by atoms with E-state index in [2.05, 4.69) is 20.1 Å². The Morgan fingerprint density at radius 2 is 1.96 bits per heavy atom. The number of carbonyl (C=O) groups excluding carboxylic acids is 1. The van der Waals surface area contributed by atoms with Crippen LogP contribution in [0.1, 0.15) is 6.42 Å². The molecule has 1 fully saturated rings. The first kappa shape index (κ1) is 18.6. The minimum absolute atomic E-state index is 0.00529. The van der Waals surface area contributed by atoms with Crippen LogP contribution in [0.3, 0.4) is 0 Å². The zero-order valence-electron chi connectivity index (χ0n) is 14.9. The molecule has 0 aromatic carbocycles. The normalized spacial score (nSPS) is 14.4. The summed E-state index contributed by atoms with van der Waals surface area (Å²) in [7, 11) is 0. The Kier molecular flexibility index (Phi) is 5.35. The maximum atomic E-state index is 12.4. The number of carbonyl (C=O) groups is 1. The van der Waals surface area contributed by atoms with Crippen LogP contribution in [0.2, 0.25) is 0 Å². The second kappa shape index (κ2) is 8.07. The summed E-state index contributed by atoms with van der Waals surface area (Å²) in [5.74, 6) is -0.00529. The van der Waals surface area contributed by atoms with Crippen LogP contribution in [0.15, 0.2) is 39.4 Å². The number of rotatable bonds is 5. The molecule has 3 aromatic heterocycles. The highest BCUT2D eigenvalue weighted by atomic mass is 32.1. The highest BCUT2D eigenvalue weighted by Crippen LogP contribution is 2.31. The first-order valence-corrected chi connectivity index (χ1v) is 10.5. The van der Waals surface area contributed by atoms with Crippen molar-refractivity contribution in [3.63, 3.8) is 0 Å². The fourth-order valence-electron chi connectivity index (χ4n) is 2.98. The van der Waals surface area contributed by atoms with E-state index in [0.29, 0.717) is 26.2 Å². The Labute approximate surface area is 167 Å². The number of nitrogens with zero attached hydrogens (tertiary/aromatic N) is 5. The molecule has 4 rings (SSSR count). The Hall–Kier alpha value is -2.79. The summed E-state index contributed by atoms with van der Waals surface area (Å²) in [6.07, 6.45) is 1.63. The lowest BCUT2D eigenvalue weighted by Gasteiger charge is -2.34. The van der Waals surface area contributed by atoms with Crippen LogP contribution in [-0.2, 0) is 11.3 Å². The summed E-state index contributed by atoms with van der Waals surface area (Å²) in [4.78, 5) is 42.5. The Morgan fingerprint density at radius 1 is 1.14 bits per heavy atom. The van der Waals surface area contributed by atoms with Gasteiger partial charge < -0.3 is 14.4 Å². The number of aromatic nitrogens is 4. The van der Waals surface area contributed by atoms with Gasteiger partial charge in [0.2, 0.25) is 11.0 Å². The molecule has 28 heavy (non-hydrogen) atoms. The first-order valence-electron chi connectivity index (χ1n) is 8.80. The third-order valence-corrected chi connectivity index (χ3v) is 6.54. The van der Waals surface area contributed by atoms with Crippen molar-refractivity contribution in [2.45, 2.75) is 13.0 Å². The van der Waals surface area contributed by atoms with Gasteiger partial charge in [0.1, 0.15) is 0 Å². The van der Waals surface area contributed by atoms with Crippen LogP contribution in [-0.4, -0.2) is 56.7 Å². The zero-order chi connectivity index (χ0) is 19.5. The lowest BCUT2D eigenvalue weighted by molar-refractivity contribution is -0.131. The smallest absolute Gasteiger partial charge is 0.328 e. The number of piperazine rings is 1. The van der Waals surface area contributed by atoms with Gasteiger partial charge in [0.15, 0.2) is 5.01 Å². The molecular weight excluding hydrogens is 400 g/mol. The number of amides is 1. The SMILES string of the molecule is O=C(CCn1ccc(=O)[nH]c1=O)N1CCN(c2nnc(-c3cccs3)s2)CC1. The molecule has 4 heterocycles. The summed E-state index contributed by atoms with van der Waals surface area (Å²) in [6.45, 7) is 2.85. The van der Waals surface area contributed by atoms with Crippen LogP contribution in [0.4, 0.5) is 5.13 Å². The molecule has 0 saturated carbocycles. The maximum Gasteiger partial charge on any atom is 0.328 e. The van der Waals surface area contributed by atoms with Gasteiger partial charge in [-0.3, -0.25) is 14.6 Å². The van der Waals surface area contributed by atoms with Gasteiger partial charge in [-0.25, -0.2) is 4.79 Å². The predicted octanol–water partition coefficient (Wildman–Crippen LogP) is 0.855. The zero-order valence-corrected chi connectivity index (χ0v) is 16.5. The van der Waals surface area contributed by atoms with Crippen molar-refractivity contribution in [1.82, 2.24) is 24.6 Å². The fraction of sp³-hybridized carbons (Fsp3) is 0.353. The molecule has 1 aliphatic rings. The number of H-pyrrole nitrogens is 1. The number of anilines is 1. The van der Waals surface area contributed by atoms with E-state index < -0.39 is 11.2 Å². The van der Waals surface area contributed by atoms with Gasteiger partial charge in [0.05, 0.1) is 4.88 Å². The topological polar surface area (TPSA) is 104 Å². The van der Waals surface area contributed by atoms with Gasteiger partial charge in [0.25, 0.3) is 5.56 Å². The van der Waals surface area contributed by atoms with Crippen LogP contribution in [0.5, 0.6) is 0 Å². The molecule has 0 radical (unpaired) electrons. The quantitative estimate of drug-likeness (QED) is 0.659. The molecule has 0 aliphatic carbocycles. The van der Waals surface area contributed by atoms with E-state index in [4.69, 9.17) is 0 Å². The number of nitrogens with one attached hydrogen (secondary N) is 1. The van der Waals surface area contributed by atoms with E-state index in [9.17, 15) is 14.4 Å². The Balaban J connectivity index is 1.30. The maximum absolute atomic E-state index is 12.4. The summed E-state index contributed by atoms with van der Waals surface area (Å²) in [5, 5.41) is 12.4. The highest BCUT2D eigenvalue weighted by Gasteiger charge is 2.23. The van der Waals surface area contributed by atoms with Crippen molar-refractivity contribution in [1.29, 1.82) is 0 Å². The number of hydrogen-bond acceptors (Lipinski definition) is 8. The van der Waals surface area contributed by atoms with Crippen molar-refractivity contribution in [2.24, 2.45) is 0 Å². The van der Waals surface area contributed by atoms with E-state index in [1.54, 1.807) is 27.6 Å². The molecular formula is C17H18N6O3S2. The molecule has 146 valence electrons. The number of thiophene rings is 1. The molecule has 0 atom stereocenters.